The molecule has 3 nitrogen and oxygen atoms in total. The molecule has 0 aromatic heterocycles. The van der Waals surface area contributed by atoms with E-state index < -0.39 is 17.7 Å². The predicted octanol–water partition coefficient (Wildman–Crippen LogP) is 3.81. The summed E-state index contributed by atoms with van der Waals surface area (Å²) >= 11 is 0. The summed E-state index contributed by atoms with van der Waals surface area (Å²) in [5, 5.41) is 10.4. The Bertz CT molecular complexity index is 743. The number of nitrogens with zero attached hydrogens (tertiary/aromatic N) is 1. The van der Waals surface area contributed by atoms with Gasteiger partial charge in [-0.25, -0.2) is 8.78 Å². The van der Waals surface area contributed by atoms with Crippen molar-refractivity contribution >= 4 is 5.91 Å². The lowest BCUT2D eigenvalue weighted by atomic mass is 9.88. The Balaban J connectivity index is 1.50. The van der Waals surface area contributed by atoms with Gasteiger partial charge < -0.3 is 10.0 Å². The van der Waals surface area contributed by atoms with Gasteiger partial charge in [-0.3, -0.25) is 4.79 Å². The number of amides is 1. The van der Waals surface area contributed by atoms with E-state index in [0.717, 1.165) is 18.6 Å². The number of carbonyl (C=O) groups excluding carboxylic acids is 1. The number of rotatable bonds is 5. The van der Waals surface area contributed by atoms with Crippen molar-refractivity contribution in [2.75, 3.05) is 13.1 Å². The normalized spacial score (nSPS) is 16.5. The third-order valence-electron chi connectivity index (χ3n) is 5.11. The highest BCUT2D eigenvalue weighted by molar-refractivity contribution is 5.94. The number of hydrogen-bond acceptors (Lipinski definition) is 2. The van der Waals surface area contributed by atoms with Crippen molar-refractivity contribution in [3.63, 3.8) is 0 Å². The minimum absolute atomic E-state index is 0.159. The molecule has 1 N–H and O–H groups in total. The quantitative estimate of drug-likeness (QED) is 0.882. The maximum absolute atomic E-state index is 13.3. The van der Waals surface area contributed by atoms with Crippen LogP contribution in [-0.2, 0) is 6.42 Å². The summed E-state index contributed by atoms with van der Waals surface area (Å²) in [6, 6.07) is 13.3. The van der Waals surface area contributed by atoms with Crippen LogP contribution in [-0.4, -0.2) is 35.1 Å². The van der Waals surface area contributed by atoms with Gasteiger partial charge in [0, 0.05) is 18.7 Å². The van der Waals surface area contributed by atoms with E-state index in [4.69, 9.17) is 0 Å². The minimum atomic E-state index is -1.01. The summed E-state index contributed by atoms with van der Waals surface area (Å²) in [5.74, 6) is -2.10. The Morgan fingerprint density at radius 1 is 1.08 bits per heavy atom. The fourth-order valence-corrected chi connectivity index (χ4v) is 3.49. The summed E-state index contributed by atoms with van der Waals surface area (Å²) in [6.45, 7) is 1.04. The second-order valence-corrected chi connectivity index (χ2v) is 6.85. The zero-order valence-electron chi connectivity index (χ0n) is 14.6. The first kappa shape index (κ1) is 18.5. The van der Waals surface area contributed by atoms with Crippen LogP contribution in [0.5, 0.6) is 0 Å². The van der Waals surface area contributed by atoms with E-state index in [2.05, 4.69) is 12.1 Å². The van der Waals surface area contributed by atoms with Gasteiger partial charge in [0.2, 0.25) is 0 Å². The molecule has 1 heterocycles. The van der Waals surface area contributed by atoms with Crippen molar-refractivity contribution in [1.29, 1.82) is 0 Å². The number of aryl methyl sites for hydroxylation is 1. The van der Waals surface area contributed by atoms with Crippen LogP contribution in [0.25, 0.3) is 0 Å². The minimum Gasteiger partial charge on any atom is -0.393 e. The number of benzene rings is 2. The molecule has 1 aliphatic rings. The highest BCUT2D eigenvalue weighted by Gasteiger charge is 2.28. The number of hydrogen-bond donors (Lipinski definition) is 1. The summed E-state index contributed by atoms with van der Waals surface area (Å²) in [7, 11) is 0. The van der Waals surface area contributed by atoms with Crippen LogP contribution in [0.4, 0.5) is 8.78 Å². The molecule has 5 heteroatoms. The number of piperidine rings is 1. The molecule has 0 bridgehead atoms. The maximum atomic E-state index is 13.3. The zero-order valence-corrected chi connectivity index (χ0v) is 14.6. The van der Waals surface area contributed by atoms with Crippen LogP contribution in [0, 0.1) is 17.6 Å². The van der Waals surface area contributed by atoms with Gasteiger partial charge in [-0.2, -0.15) is 0 Å². The number of likely N-dealkylation sites (tertiary alicyclic amines) is 1. The molecular weight excluding hydrogens is 336 g/mol. The van der Waals surface area contributed by atoms with Crippen molar-refractivity contribution < 1.29 is 18.7 Å². The Hall–Kier alpha value is -2.27. The number of halogens is 2. The molecular formula is C21H23F2NO2. The van der Waals surface area contributed by atoms with Gasteiger partial charge in [-0.05, 0) is 55.4 Å². The molecule has 0 spiro atoms. The van der Waals surface area contributed by atoms with Crippen LogP contribution in [0.15, 0.2) is 48.5 Å². The van der Waals surface area contributed by atoms with Crippen LogP contribution in [0.2, 0.25) is 0 Å². The zero-order chi connectivity index (χ0) is 18.5. The molecule has 1 saturated heterocycles. The largest absolute Gasteiger partial charge is 0.393 e. The van der Waals surface area contributed by atoms with Gasteiger partial charge in [0.05, 0.1) is 6.10 Å². The van der Waals surface area contributed by atoms with E-state index in [1.54, 1.807) is 4.90 Å². The topological polar surface area (TPSA) is 40.5 Å². The molecule has 2 aromatic rings. The van der Waals surface area contributed by atoms with Crippen LogP contribution >= 0.6 is 0 Å². The maximum Gasteiger partial charge on any atom is 0.253 e. The fraction of sp³-hybridized carbons (Fsp3) is 0.381. The first-order valence-corrected chi connectivity index (χ1v) is 9.01. The van der Waals surface area contributed by atoms with E-state index >= 15 is 0 Å². The van der Waals surface area contributed by atoms with Crippen molar-refractivity contribution in [2.45, 2.75) is 31.8 Å². The first-order valence-electron chi connectivity index (χ1n) is 9.01. The number of aliphatic hydroxyl groups excluding tert-OH is 1. The van der Waals surface area contributed by atoms with E-state index in [1.807, 2.05) is 18.2 Å². The lowest BCUT2D eigenvalue weighted by Gasteiger charge is -2.34. The second kappa shape index (κ2) is 8.41. The highest BCUT2D eigenvalue weighted by Crippen LogP contribution is 2.25. The average Bonchev–Trinajstić information content (AvgIpc) is 2.68. The van der Waals surface area contributed by atoms with Gasteiger partial charge in [0.1, 0.15) is 0 Å². The summed E-state index contributed by atoms with van der Waals surface area (Å²) in [4.78, 5) is 14.1. The highest BCUT2D eigenvalue weighted by atomic mass is 19.2. The van der Waals surface area contributed by atoms with Crippen LogP contribution in [0.1, 0.15) is 35.2 Å². The monoisotopic (exact) mass is 359 g/mol. The SMILES string of the molecule is O=C(c1ccc(F)c(F)c1)N1CCC(C(O)CCc2ccccc2)CC1. The van der Waals surface area contributed by atoms with Crippen molar-refractivity contribution in [1.82, 2.24) is 4.90 Å². The fourth-order valence-electron chi connectivity index (χ4n) is 3.49. The Morgan fingerprint density at radius 3 is 2.42 bits per heavy atom. The Kier molecular flexibility index (Phi) is 5.99. The molecule has 1 aliphatic heterocycles. The predicted molar refractivity (Wildman–Crippen MR) is 95.8 cm³/mol. The first-order chi connectivity index (χ1) is 12.5. The molecule has 3 rings (SSSR count). The van der Waals surface area contributed by atoms with Gasteiger partial charge in [0.15, 0.2) is 11.6 Å². The molecule has 0 saturated carbocycles. The molecule has 1 atom stereocenters. The average molecular weight is 359 g/mol. The number of carbonyl (C=O) groups is 1. The Morgan fingerprint density at radius 2 is 1.77 bits per heavy atom. The third-order valence-corrected chi connectivity index (χ3v) is 5.11. The molecule has 1 unspecified atom stereocenters. The lowest BCUT2D eigenvalue weighted by Crippen LogP contribution is -2.41. The number of aliphatic hydroxyl groups is 1. The van der Waals surface area contributed by atoms with Crippen molar-refractivity contribution in [3.8, 4) is 0 Å². The van der Waals surface area contributed by atoms with E-state index in [0.29, 0.717) is 32.4 Å². The lowest BCUT2D eigenvalue weighted by molar-refractivity contribution is 0.0436. The van der Waals surface area contributed by atoms with Gasteiger partial charge in [-0.15, -0.1) is 0 Å². The molecule has 0 aliphatic carbocycles. The van der Waals surface area contributed by atoms with Gasteiger partial charge >= 0.3 is 0 Å². The third kappa shape index (κ3) is 4.47. The molecule has 26 heavy (non-hydrogen) atoms. The molecule has 1 amide bonds. The van der Waals surface area contributed by atoms with Gasteiger partial charge in [-0.1, -0.05) is 30.3 Å². The summed E-state index contributed by atoms with van der Waals surface area (Å²) < 4.78 is 26.3. The molecule has 1 fully saturated rings. The van der Waals surface area contributed by atoms with Crippen molar-refractivity contribution in [2.24, 2.45) is 5.92 Å². The second-order valence-electron chi connectivity index (χ2n) is 6.85. The van der Waals surface area contributed by atoms with Crippen LogP contribution in [0.3, 0.4) is 0 Å². The Labute approximate surface area is 152 Å². The molecule has 138 valence electrons. The standard InChI is InChI=1S/C21H23F2NO2/c22-18-8-7-17(14-19(18)23)21(26)24-12-10-16(11-13-24)20(25)9-6-15-4-2-1-3-5-15/h1-5,7-8,14,16,20,25H,6,9-13H2. The molecule has 2 aromatic carbocycles. The van der Waals surface area contributed by atoms with Crippen LogP contribution < -0.4 is 0 Å². The van der Waals surface area contributed by atoms with Gasteiger partial charge in [0.25, 0.3) is 5.91 Å². The van der Waals surface area contributed by atoms with E-state index in [-0.39, 0.29) is 17.4 Å². The van der Waals surface area contributed by atoms with E-state index in [9.17, 15) is 18.7 Å². The van der Waals surface area contributed by atoms with E-state index in [1.165, 1.54) is 11.6 Å². The summed E-state index contributed by atoms with van der Waals surface area (Å²) in [6.07, 6.45) is 2.56. The summed E-state index contributed by atoms with van der Waals surface area (Å²) in [5.41, 5.74) is 1.37. The van der Waals surface area contributed by atoms with Crippen molar-refractivity contribution in [3.05, 3.63) is 71.3 Å². The molecule has 0 radical (unpaired) electrons. The smallest absolute Gasteiger partial charge is 0.253 e.